The average Bonchev–Trinajstić information content (AvgIpc) is 2.73. The minimum atomic E-state index is -4.90. The fourth-order valence-electron chi connectivity index (χ4n) is 3.24. The zero-order chi connectivity index (χ0) is 22.7. The van der Waals surface area contributed by atoms with Gasteiger partial charge in [-0.25, -0.2) is 0 Å². The van der Waals surface area contributed by atoms with Crippen molar-refractivity contribution in [3.63, 3.8) is 0 Å². The smallest absolute Gasteiger partial charge is 0.408 e. The summed E-state index contributed by atoms with van der Waals surface area (Å²) in [5.74, 6) is -1.37. The number of nitrogens with zero attached hydrogens (tertiary/aromatic N) is 2. The highest BCUT2D eigenvalue weighted by Crippen LogP contribution is 2.36. The van der Waals surface area contributed by atoms with Crippen molar-refractivity contribution >= 4 is 15.7 Å². The summed E-state index contributed by atoms with van der Waals surface area (Å²) >= 11 is 0. The maximum atomic E-state index is 13.0. The molecule has 3 rings (SSSR count). The molecule has 0 spiro atoms. The second-order valence-electron chi connectivity index (χ2n) is 6.83. The van der Waals surface area contributed by atoms with Crippen LogP contribution in [0.3, 0.4) is 0 Å². The largest absolute Gasteiger partial charge is 0.456 e. The highest BCUT2D eigenvalue weighted by molar-refractivity contribution is 7.91. The number of para-hydroxylation sites is 1. The van der Waals surface area contributed by atoms with Crippen LogP contribution in [-0.2, 0) is 10.0 Å². The number of sulfonamides is 1. The zero-order valence-corrected chi connectivity index (χ0v) is 17.0. The van der Waals surface area contributed by atoms with Crippen LogP contribution in [0.1, 0.15) is 5.56 Å². The first kappa shape index (κ1) is 22.6. The van der Waals surface area contributed by atoms with E-state index in [2.05, 4.69) is 0 Å². The number of rotatable bonds is 6. The van der Waals surface area contributed by atoms with Crippen LogP contribution in [0, 0.1) is 11.3 Å². The van der Waals surface area contributed by atoms with Crippen molar-refractivity contribution in [1.29, 1.82) is 5.26 Å². The number of nitriles is 1. The number of benzene rings is 2. The fraction of sp³-hybridized carbons (Fsp3) is 0.190. The minimum absolute atomic E-state index is 0.0236. The molecule has 1 heterocycles. The summed E-state index contributed by atoms with van der Waals surface area (Å²) in [6, 6.07) is 14.2. The molecule has 0 aromatic heterocycles. The number of hydrogen-bond donors (Lipinski definition) is 1. The Hall–Kier alpha value is -3.13. The van der Waals surface area contributed by atoms with E-state index >= 15 is 0 Å². The molecule has 31 heavy (non-hydrogen) atoms. The lowest BCUT2D eigenvalue weighted by Gasteiger charge is -2.34. The molecule has 1 unspecified atom stereocenters. The molecular formula is C21H19F3N3O3S+. The first-order chi connectivity index (χ1) is 14.6. The summed E-state index contributed by atoms with van der Waals surface area (Å²) in [6.07, 6.45) is -0.576. The molecule has 2 aromatic rings. The van der Waals surface area contributed by atoms with Crippen molar-refractivity contribution in [1.82, 2.24) is 3.89 Å². The van der Waals surface area contributed by atoms with Crippen LogP contribution in [0.25, 0.3) is 0 Å². The number of ether oxygens (including phenoxy) is 1. The molecule has 1 atom stereocenters. The third-order valence-electron chi connectivity index (χ3n) is 4.67. The number of hydrogen-bond acceptors (Lipinski definition) is 5. The van der Waals surface area contributed by atoms with E-state index in [1.165, 1.54) is 36.5 Å². The molecule has 6 nitrogen and oxygen atoms in total. The maximum absolute atomic E-state index is 13.0. The van der Waals surface area contributed by atoms with E-state index in [9.17, 15) is 21.6 Å². The summed E-state index contributed by atoms with van der Waals surface area (Å²) in [7, 11) is -4.74. The normalized spacial score (nSPS) is 18.9. The zero-order valence-electron chi connectivity index (χ0n) is 16.2. The van der Waals surface area contributed by atoms with Crippen molar-refractivity contribution < 1.29 is 26.3 Å². The Balaban J connectivity index is 2.02. The molecule has 0 aliphatic carbocycles. The topological polar surface area (TPSA) is 93.2 Å². The van der Waals surface area contributed by atoms with Crippen molar-refractivity contribution in [3.05, 3.63) is 78.0 Å². The van der Waals surface area contributed by atoms with Gasteiger partial charge in [-0.1, -0.05) is 18.2 Å². The first-order valence-electron chi connectivity index (χ1n) is 9.13. The van der Waals surface area contributed by atoms with Gasteiger partial charge in [-0.3, -0.25) is 0 Å². The van der Waals surface area contributed by atoms with E-state index in [1.54, 1.807) is 30.3 Å². The van der Waals surface area contributed by atoms with Crippen LogP contribution in [0.4, 0.5) is 18.9 Å². The molecule has 0 bridgehead atoms. The summed E-state index contributed by atoms with van der Waals surface area (Å²) in [5.41, 5.74) is 6.44. The Kier molecular flexibility index (Phi) is 6.22. The summed E-state index contributed by atoms with van der Waals surface area (Å²) in [6.45, 7) is -0.233. The SMILES string of the molecule is N#Cc1ccccc1Oc1ccc([N+]2(S(=O)(=O)CC(F)(F)F)C=C(CN)C=CC2)cc1. The number of nitrogens with two attached hydrogens (primary N) is 1. The quantitative estimate of drug-likeness (QED) is 0.673. The lowest BCUT2D eigenvalue weighted by Crippen LogP contribution is -2.54. The average molecular weight is 450 g/mol. The van der Waals surface area contributed by atoms with Crippen LogP contribution in [0.15, 0.2) is 72.5 Å². The number of alkyl halides is 3. The van der Waals surface area contributed by atoms with Crippen molar-refractivity contribution in [2.75, 3.05) is 18.8 Å². The molecule has 0 saturated heterocycles. The van der Waals surface area contributed by atoms with Crippen molar-refractivity contribution in [2.24, 2.45) is 5.73 Å². The van der Waals surface area contributed by atoms with E-state index in [1.807, 2.05) is 6.07 Å². The van der Waals surface area contributed by atoms with E-state index in [-0.39, 0.29) is 18.8 Å². The summed E-state index contributed by atoms with van der Waals surface area (Å²) in [5, 5.41) is 9.16. The van der Waals surface area contributed by atoms with Gasteiger partial charge in [0.15, 0.2) is 11.4 Å². The lowest BCUT2D eigenvalue weighted by atomic mass is 10.2. The van der Waals surface area contributed by atoms with Gasteiger partial charge in [-0.2, -0.15) is 30.7 Å². The monoisotopic (exact) mass is 450 g/mol. The van der Waals surface area contributed by atoms with Crippen LogP contribution >= 0.6 is 0 Å². The molecule has 0 fully saturated rings. The summed E-state index contributed by atoms with van der Waals surface area (Å²) in [4.78, 5) is 0. The highest BCUT2D eigenvalue weighted by Gasteiger charge is 2.50. The van der Waals surface area contributed by atoms with Gasteiger partial charge < -0.3 is 10.5 Å². The van der Waals surface area contributed by atoms with E-state index in [4.69, 9.17) is 15.7 Å². The molecule has 1 aliphatic heterocycles. The molecule has 1 aliphatic rings. The Morgan fingerprint density at radius 3 is 2.42 bits per heavy atom. The Morgan fingerprint density at radius 1 is 1.13 bits per heavy atom. The van der Waals surface area contributed by atoms with Gasteiger partial charge in [0.2, 0.25) is 0 Å². The van der Waals surface area contributed by atoms with Gasteiger partial charge in [-0.05, 0) is 30.3 Å². The molecule has 0 amide bonds. The molecule has 0 saturated carbocycles. The Labute approximate surface area is 177 Å². The van der Waals surface area contributed by atoms with Gasteiger partial charge in [0.05, 0.1) is 5.56 Å². The minimum Gasteiger partial charge on any atom is -0.456 e. The first-order valence-corrected chi connectivity index (χ1v) is 10.7. The predicted molar refractivity (Wildman–Crippen MR) is 110 cm³/mol. The fourth-order valence-corrected chi connectivity index (χ4v) is 4.94. The van der Waals surface area contributed by atoms with E-state index < -0.39 is 25.8 Å². The van der Waals surface area contributed by atoms with Gasteiger partial charge >= 0.3 is 16.2 Å². The third kappa shape index (κ3) is 4.80. The van der Waals surface area contributed by atoms with Gasteiger partial charge in [0, 0.05) is 24.3 Å². The Morgan fingerprint density at radius 2 is 1.81 bits per heavy atom. The second kappa shape index (κ2) is 8.55. The lowest BCUT2D eigenvalue weighted by molar-refractivity contribution is -0.106. The molecule has 2 N–H and O–H groups in total. The predicted octanol–water partition coefficient (Wildman–Crippen LogP) is 3.96. The van der Waals surface area contributed by atoms with Crippen LogP contribution in [-0.4, -0.2) is 33.4 Å². The van der Waals surface area contributed by atoms with Gasteiger partial charge in [0.25, 0.3) is 0 Å². The van der Waals surface area contributed by atoms with E-state index in [0.717, 1.165) is 0 Å². The molecule has 0 radical (unpaired) electrons. The van der Waals surface area contributed by atoms with Crippen LogP contribution in [0.5, 0.6) is 11.5 Å². The van der Waals surface area contributed by atoms with Gasteiger partial charge in [-0.15, -0.1) is 0 Å². The standard InChI is InChI=1S/C21H19F3N3O3S/c22-21(23,24)15-31(28,29)27(11-3-4-16(12-25)14-27)18-7-9-19(10-8-18)30-20-6-2-1-5-17(20)13-26/h1-10,14H,11-12,15,25H2/q+1. The van der Waals surface area contributed by atoms with Crippen LogP contribution in [0.2, 0.25) is 0 Å². The van der Waals surface area contributed by atoms with Crippen molar-refractivity contribution in [3.8, 4) is 17.6 Å². The van der Waals surface area contributed by atoms with Crippen LogP contribution < -0.4 is 14.4 Å². The molecule has 10 heteroatoms. The molecular weight excluding hydrogens is 431 g/mol. The number of quaternary nitrogens is 1. The Bertz CT molecular complexity index is 1170. The van der Waals surface area contributed by atoms with E-state index in [0.29, 0.717) is 22.6 Å². The van der Waals surface area contributed by atoms with Crippen molar-refractivity contribution in [2.45, 2.75) is 6.18 Å². The third-order valence-corrected chi connectivity index (χ3v) is 6.82. The maximum Gasteiger partial charge on any atom is 0.408 e. The highest BCUT2D eigenvalue weighted by atomic mass is 32.2. The summed E-state index contributed by atoms with van der Waals surface area (Å²) < 4.78 is 69.6. The molecule has 2 aromatic carbocycles. The number of halogens is 3. The van der Waals surface area contributed by atoms with Gasteiger partial charge in [0.1, 0.15) is 30.3 Å². The molecule has 162 valence electrons. The second-order valence-corrected chi connectivity index (χ2v) is 8.94.